The van der Waals surface area contributed by atoms with Crippen molar-refractivity contribution < 1.29 is 14.3 Å². The zero-order valence-electron chi connectivity index (χ0n) is 10.3. The summed E-state index contributed by atoms with van der Waals surface area (Å²) in [5.74, 6) is -1.74. The number of aromatic nitrogens is 3. The molecular formula is C12H13FN4O2. The summed E-state index contributed by atoms with van der Waals surface area (Å²) in [5, 5.41) is 15.9. The van der Waals surface area contributed by atoms with Gasteiger partial charge in [0.25, 0.3) is 0 Å². The van der Waals surface area contributed by atoms with Gasteiger partial charge in [0.1, 0.15) is 17.2 Å². The largest absolute Gasteiger partial charge is 0.478 e. The lowest BCUT2D eigenvalue weighted by Crippen LogP contribution is -2.14. The number of nitrogens with one attached hydrogen (secondary N) is 1. The van der Waals surface area contributed by atoms with Crippen LogP contribution in [0.5, 0.6) is 0 Å². The van der Waals surface area contributed by atoms with Crippen molar-refractivity contribution in [2.24, 2.45) is 0 Å². The minimum absolute atomic E-state index is 0.151. The van der Waals surface area contributed by atoms with E-state index < -0.39 is 11.8 Å². The number of anilines is 1. The van der Waals surface area contributed by atoms with Crippen LogP contribution in [0.1, 0.15) is 15.9 Å². The van der Waals surface area contributed by atoms with Gasteiger partial charge >= 0.3 is 5.97 Å². The quantitative estimate of drug-likeness (QED) is 0.856. The molecule has 0 atom stereocenters. The molecule has 2 N–H and O–H groups in total. The first-order valence-corrected chi connectivity index (χ1v) is 5.68. The highest BCUT2D eigenvalue weighted by Gasteiger charge is 2.12. The van der Waals surface area contributed by atoms with Crippen LogP contribution < -0.4 is 5.32 Å². The Labute approximate surface area is 108 Å². The molecule has 0 amide bonds. The van der Waals surface area contributed by atoms with E-state index in [0.717, 1.165) is 17.8 Å². The van der Waals surface area contributed by atoms with Crippen molar-refractivity contribution in [3.63, 3.8) is 0 Å². The summed E-state index contributed by atoms with van der Waals surface area (Å²) in [4.78, 5) is 14.7. The Hall–Kier alpha value is -2.44. The molecule has 0 unspecified atom stereocenters. The summed E-state index contributed by atoms with van der Waals surface area (Å²) in [5.41, 5.74) is 0.864. The van der Waals surface area contributed by atoms with E-state index in [0.29, 0.717) is 13.1 Å². The molecule has 0 bridgehead atoms. The van der Waals surface area contributed by atoms with Gasteiger partial charge < -0.3 is 10.4 Å². The standard InChI is InChI=1S/C12H13FN4O2/c1-8-5-16-17(7-8)3-2-14-11-10(12(18)19)4-9(13)6-15-11/h4-7H,2-3H2,1H3,(H,14,15)(H,18,19). The van der Waals surface area contributed by atoms with E-state index in [9.17, 15) is 9.18 Å². The smallest absolute Gasteiger partial charge is 0.339 e. The van der Waals surface area contributed by atoms with Crippen LogP contribution in [0.2, 0.25) is 0 Å². The first-order chi connectivity index (χ1) is 9.06. The Kier molecular flexibility index (Phi) is 3.74. The lowest BCUT2D eigenvalue weighted by atomic mass is 10.2. The number of rotatable bonds is 5. The number of carboxylic acids is 1. The van der Waals surface area contributed by atoms with Crippen LogP contribution >= 0.6 is 0 Å². The molecule has 19 heavy (non-hydrogen) atoms. The molecular weight excluding hydrogens is 251 g/mol. The summed E-state index contributed by atoms with van der Waals surface area (Å²) in [6.45, 7) is 2.94. The van der Waals surface area contributed by atoms with E-state index in [1.165, 1.54) is 0 Å². The molecule has 0 aliphatic heterocycles. The third-order valence-corrected chi connectivity index (χ3v) is 2.48. The molecule has 0 aromatic carbocycles. The van der Waals surface area contributed by atoms with Crippen LogP contribution in [0.25, 0.3) is 0 Å². The van der Waals surface area contributed by atoms with Crippen molar-refractivity contribution in [2.75, 3.05) is 11.9 Å². The van der Waals surface area contributed by atoms with E-state index in [1.54, 1.807) is 10.9 Å². The van der Waals surface area contributed by atoms with Crippen molar-refractivity contribution in [3.05, 3.63) is 41.6 Å². The van der Waals surface area contributed by atoms with Gasteiger partial charge in [0.15, 0.2) is 0 Å². The number of nitrogens with zero attached hydrogens (tertiary/aromatic N) is 3. The Morgan fingerprint density at radius 1 is 1.53 bits per heavy atom. The molecule has 2 aromatic rings. The minimum Gasteiger partial charge on any atom is -0.478 e. The zero-order chi connectivity index (χ0) is 13.8. The van der Waals surface area contributed by atoms with E-state index >= 15 is 0 Å². The van der Waals surface area contributed by atoms with Crippen LogP contribution in [0.3, 0.4) is 0 Å². The minimum atomic E-state index is -1.22. The van der Waals surface area contributed by atoms with Crippen molar-refractivity contribution in [2.45, 2.75) is 13.5 Å². The summed E-state index contributed by atoms with van der Waals surface area (Å²) in [7, 11) is 0. The second-order valence-electron chi connectivity index (χ2n) is 4.06. The third-order valence-electron chi connectivity index (χ3n) is 2.48. The van der Waals surface area contributed by atoms with E-state index in [2.05, 4.69) is 15.4 Å². The van der Waals surface area contributed by atoms with Crippen molar-refractivity contribution in [1.82, 2.24) is 14.8 Å². The molecule has 0 radical (unpaired) electrons. The van der Waals surface area contributed by atoms with Gasteiger partial charge in [-0.15, -0.1) is 0 Å². The third kappa shape index (κ3) is 3.27. The Morgan fingerprint density at radius 3 is 2.95 bits per heavy atom. The predicted molar refractivity (Wildman–Crippen MR) is 66.6 cm³/mol. The molecule has 2 heterocycles. The fourth-order valence-corrected chi connectivity index (χ4v) is 1.62. The molecule has 0 spiro atoms. The number of carbonyl (C=O) groups is 1. The Bertz CT molecular complexity index is 597. The van der Waals surface area contributed by atoms with Gasteiger partial charge in [-0.05, 0) is 18.6 Å². The number of halogens is 1. The van der Waals surface area contributed by atoms with Crippen molar-refractivity contribution in [1.29, 1.82) is 0 Å². The second kappa shape index (κ2) is 5.47. The summed E-state index contributed by atoms with van der Waals surface area (Å²) >= 11 is 0. The SMILES string of the molecule is Cc1cnn(CCNc2ncc(F)cc2C(=O)O)c1. The summed E-state index contributed by atoms with van der Waals surface area (Å²) in [6, 6.07) is 0.940. The maximum atomic E-state index is 12.9. The fraction of sp³-hybridized carbons (Fsp3) is 0.250. The van der Waals surface area contributed by atoms with Crippen LogP contribution in [-0.2, 0) is 6.54 Å². The van der Waals surface area contributed by atoms with E-state index in [4.69, 9.17) is 5.11 Å². The zero-order valence-corrected chi connectivity index (χ0v) is 10.3. The van der Waals surface area contributed by atoms with Crippen LogP contribution in [-0.4, -0.2) is 32.4 Å². The maximum absolute atomic E-state index is 12.9. The number of aryl methyl sites for hydroxylation is 1. The van der Waals surface area contributed by atoms with Gasteiger partial charge in [-0.1, -0.05) is 0 Å². The van der Waals surface area contributed by atoms with Crippen molar-refractivity contribution >= 4 is 11.8 Å². The number of pyridine rings is 1. The van der Waals surface area contributed by atoms with Gasteiger partial charge in [0.2, 0.25) is 0 Å². The fourth-order valence-electron chi connectivity index (χ4n) is 1.62. The number of hydrogen-bond donors (Lipinski definition) is 2. The Balaban J connectivity index is 2.01. The van der Waals surface area contributed by atoms with Crippen LogP contribution in [0.15, 0.2) is 24.7 Å². The van der Waals surface area contributed by atoms with Gasteiger partial charge in [-0.25, -0.2) is 14.2 Å². The Morgan fingerprint density at radius 2 is 2.32 bits per heavy atom. The molecule has 0 aliphatic rings. The molecule has 0 fully saturated rings. The molecule has 0 saturated heterocycles. The van der Waals surface area contributed by atoms with Gasteiger partial charge in [0.05, 0.1) is 18.9 Å². The highest BCUT2D eigenvalue weighted by Crippen LogP contribution is 2.13. The highest BCUT2D eigenvalue weighted by molar-refractivity contribution is 5.93. The maximum Gasteiger partial charge on any atom is 0.339 e. The van der Waals surface area contributed by atoms with Crippen LogP contribution in [0.4, 0.5) is 10.2 Å². The topological polar surface area (TPSA) is 80.0 Å². The number of hydrogen-bond acceptors (Lipinski definition) is 4. The first-order valence-electron chi connectivity index (χ1n) is 5.68. The van der Waals surface area contributed by atoms with E-state index in [-0.39, 0.29) is 11.4 Å². The molecule has 0 aliphatic carbocycles. The average molecular weight is 264 g/mol. The van der Waals surface area contributed by atoms with Crippen LogP contribution in [0, 0.1) is 12.7 Å². The molecule has 2 aromatic heterocycles. The lowest BCUT2D eigenvalue weighted by Gasteiger charge is -2.08. The van der Waals surface area contributed by atoms with Gasteiger partial charge in [-0.3, -0.25) is 4.68 Å². The molecule has 7 heteroatoms. The highest BCUT2D eigenvalue weighted by atomic mass is 19.1. The first kappa shape index (κ1) is 13.0. The van der Waals surface area contributed by atoms with Gasteiger partial charge in [-0.2, -0.15) is 5.10 Å². The number of aromatic carboxylic acids is 1. The number of carboxylic acid groups (broad SMARTS) is 1. The summed E-state index contributed by atoms with van der Waals surface area (Å²) in [6.07, 6.45) is 4.59. The molecule has 6 nitrogen and oxygen atoms in total. The van der Waals surface area contributed by atoms with Gasteiger partial charge in [0, 0.05) is 12.7 Å². The normalized spacial score (nSPS) is 10.4. The molecule has 2 rings (SSSR count). The predicted octanol–water partition coefficient (Wildman–Crippen LogP) is 1.54. The average Bonchev–Trinajstić information content (AvgIpc) is 2.77. The molecule has 100 valence electrons. The van der Waals surface area contributed by atoms with E-state index in [1.807, 2.05) is 13.1 Å². The van der Waals surface area contributed by atoms with Crippen molar-refractivity contribution in [3.8, 4) is 0 Å². The lowest BCUT2D eigenvalue weighted by molar-refractivity contribution is 0.0697. The summed E-state index contributed by atoms with van der Waals surface area (Å²) < 4.78 is 14.7. The second-order valence-corrected chi connectivity index (χ2v) is 4.06. The molecule has 0 saturated carbocycles. The monoisotopic (exact) mass is 264 g/mol.